The Morgan fingerprint density at radius 3 is 2.47 bits per heavy atom. The molecule has 282 valence electrons. The average molecular weight is 740 g/mol. The molecule has 51 heavy (non-hydrogen) atoms. The fraction of sp³-hybridized carbons (Fsp3) is 0.556. The van der Waals surface area contributed by atoms with Crippen LogP contribution in [0.15, 0.2) is 60.7 Å². The molecule has 1 aliphatic carbocycles. The smallest absolute Gasteiger partial charge is 0.410 e. The first-order chi connectivity index (χ1) is 23.9. The van der Waals surface area contributed by atoms with E-state index in [1.165, 1.54) is 12.0 Å². The number of alkyl halides is 3. The number of aliphatic hydroxyl groups is 1. The largest absolute Gasteiger partial charge is 0.497 e. The monoisotopic (exact) mass is 739 g/mol. The Morgan fingerprint density at radius 1 is 1.12 bits per heavy atom. The lowest BCUT2D eigenvalue weighted by Gasteiger charge is -2.38. The fourth-order valence-electron chi connectivity index (χ4n) is 6.27. The third kappa shape index (κ3) is 11.2. The number of nitrogens with zero attached hydrogens (tertiary/aromatic N) is 2. The van der Waals surface area contributed by atoms with Crippen LogP contribution in [-0.2, 0) is 37.1 Å². The standard InChI is InChI=1S/C36H48F3N3O8S/c1-35(2,3)50-34(45)42-23-30(43)28(20-24-12-8-6-9-13-24)40-33(44)29(41(4)51(46,47)19-17-36(37,38)39)14-10-7-11-18-49-31-21-25-15-16-26(48-5)22-27(25)32(31)42/h6-9,11-13,15-16,22,28-32,43H,10,14,17-21,23H2,1-5H3,(H,40,44)/t28-,29-,30+,31+,32+/m0/s1. The minimum atomic E-state index is -4.71. The maximum atomic E-state index is 14.0. The lowest BCUT2D eigenvalue weighted by atomic mass is 9.98. The van der Waals surface area contributed by atoms with Crippen molar-refractivity contribution in [2.24, 2.45) is 0 Å². The van der Waals surface area contributed by atoms with Gasteiger partial charge < -0.3 is 24.6 Å². The van der Waals surface area contributed by atoms with Crippen LogP contribution in [0.2, 0.25) is 0 Å². The van der Waals surface area contributed by atoms with Crippen molar-refractivity contribution in [2.75, 3.05) is 33.1 Å². The molecular weight excluding hydrogens is 691 g/mol. The molecule has 2 aliphatic rings. The van der Waals surface area contributed by atoms with E-state index in [1.807, 2.05) is 18.2 Å². The third-order valence-corrected chi connectivity index (χ3v) is 10.7. The van der Waals surface area contributed by atoms with E-state index in [9.17, 15) is 36.3 Å². The average Bonchev–Trinajstić information content (AvgIpc) is 3.41. The fourth-order valence-corrected chi connectivity index (χ4v) is 7.64. The zero-order chi connectivity index (χ0) is 37.6. The van der Waals surface area contributed by atoms with Crippen LogP contribution in [0.5, 0.6) is 5.75 Å². The minimum absolute atomic E-state index is 0.0560. The predicted molar refractivity (Wildman–Crippen MR) is 185 cm³/mol. The summed E-state index contributed by atoms with van der Waals surface area (Å²) in [6.45, 7) is 4.93. The van der Waals surface area contributed by atoms with Gasteiger partial charge in [-0.15, -0.1) is 0 Å². The Hall–Kier alpha value is -3.66. The van der Waals surface area contributed by atoms with E-state index >= 15 is 0 Å². The van der Waals surface area contributed by atoms with Crippen molar-refractivity contribution in [1.82, 2.24) is 14.5 Å². The first kappa shape index (κ1) is 40.1. The van der Waals surface area contributed by atoms with Gasteiger partial charge in [0.05, 0.1) is 56.7 Å². The van der Waals surface area contributed by atoms with Crippen LogP contribution in [-0.4, -0.2) is 104 Å². The number of aliphatic hydroxyl groups excluding tert-OH is 1. The molecule has 2 aromatic carbocycles. The summed E-state index contributed by atoms with van der Waals surface area (Å²) in [6, 6.07) is 11.3. The number of ether oxygens (including phenoxy) is 3. The van der Waals surface area contributed by atoms with Gasteiger partial charge in [0, 0.05) is 13.5 Å². The number of likely N-dealkylation sites (N-methyl/N-ethyl adjacent to an activating group) is 1. The number of benzene rings is 2. The van der Waals surface area contributed by atoms with E-state index in [-0.39, 0.29) is 32.4 Å². The van der Waals surface area contributed by atoms with Gasteiger partial charge in [-0.2, -0.15) is 17.5 Å². The number of β-amino-alcohol motifs (C(OH)–C–C–N with tert-alkyl or cyclic N) is 1. The van der Waals surface area contributed by atoms with Crippen molar-refractivity contribution < 1.29 is 50.5 Å². The molecule has 2 N–H and O–H groups in total. The summed E-state index contributed by atoms with van der Waals surface area (Å²) < 4.78 is 83.5. The first-order valence-electron chi connectivity index (χ1n) is 16.9. The summed E-state index contributed by atoms with van der Waals surface area (Å²) in [7, 11) is -1.91. The summed E-state index contributed by atoms with van der Waals surface area (Å²) in [5.74, 6) is -1.47. The highest BCUT2D eigenvalue weighted by Crippen LogP contribution is 2.41. The van der Waals surface area contributed by atoms with E-state index in [2.05, 4.69) is 5.32 Å². The summed E-state index contributed by atoms with van der Waals surface area (Å²) in [6.07, 6.45) is -4.91. The third-order valence-electron chi connectivity index (χ3n) is 8.89. The van der Waals surface area contributed by atoms with Crippen molar-refractivity contribution >= 4 is 22.0 Å². The highest BCUT2D eigenvalue weighted by atomic mass is 32.2. The lowest BCUT2D eigenvalue weighted by molar-refractivity contribution is -0.130. The van der Waals surface area contributed by atoms with Gasteiger partial charge >= 0.3 is 12.3 Å². The Kier molecular flexibility index (Phi) is 13.2. The molecule has 2 aromatic rings. The highest BCUT2D eigenvalue weighted by Gasteiger charge is 2.43. The lowest BCUT2D eigenvalue weighted by Crippen LogP contribution is -2.56. The molecule has 0 bridgehead atoms. The molecule has 0 saturated carbocycles. The Balaban J connectivity index is 1.77. The topological polar surface area (TPSA) is 135 Å². The molecule has 0 spiro atoms. The zero-order valence-electron chi connectivity index (χ0n) is 29.6. The molecule has 11 nitrogen and oxygen atoms in total. The molecule has 2 amide bonds. The van der Waals surface area contributed by atoms with E-state index in [1.54, 1.807) is 63.3 Å². The second-order valence-corrected chi connectivity index (χ2v) is 16.0. The second kappa shape index (κ2) is 16.8. The highest BCUT2D eigenvalue weighted by molar-refractivity contribution is 7.89. The number of methoxy groups -OCH3 is 1. The minimum Gasteiger partial charge on any atom is -0.497 e. The summed E-state index contributed by atoms with van der Waals surface area (Å²) >= 11 is 0. The molecular formula is C36H48F3N3O8S. The number of sulfonamides is 1. The number of hydrogen-bond acceptors (Lipinski definition) is 8. The van der Waals surface area contributed by atoms with Gasteiger partial charge in [-0.1, -0.05) is 48.6 Å². The first-order valence-corrected chi connectivity index (χ1v) is 18.5. The number of amides is 2. The van der Waals surface area contributed by atoms with Crippen LogP contribution in [0.25, 0.3) is 0 Å². The van der Waals surface area contributed by atoms with Gasteiger partial charge in [-0.05, 0) is 68.9 Å². The van der Waals surface area contributed by atoms with Crippen LogP contribution >= 0.6 is 0 Å². The maximum Gasteiger partial charge on any atom is 0.410 e. The van der Waals surface area contributed by atoms with Gasteiger partial charge in [0.25, 0.3) is 0 Å². The van der Waals surface area contributed by atoms with Gasteiger partial charge in [0.15, 0.2) is 0 Å². The SMILES string of the molecule is COc1ccc2c(c1)[C@@H]1[C@@H](C2)OCC=CCC[C@H](N(C)S(=O)(=O)CCC(F)(F)F)C(=O)N[C@@H](Cc2ccccc2)[C@H](O)CN1C(=O)OC(C)(C)C. The van der Waals surface area contributed by atoms with Crippen molar-refractivity contribution in [3.8, 4) is 5.75 Å². The number of nitrogens with one attached hydrogen (secondary N) is 1. The summed E-state index contributed by atoms with van der Waals surface area (Å²) in [5.41, 5.74) is 1.50. The zero-order valence-corrected chi connectivity index (χ0v) is 30.4. The molecule has 1 aliphatic heterocycles. The predicted octanol–water partition coefficient (Wildman–Crippen LogP) is 4.94. The van der Waals surface area contributed by atoms with Crippen molar-refractivity contribution in [1.29, 1.82) is 0 Å². The van der Waals surface area contributed by atoms with Crippen molar-refractivity contribution in [2.45, 2.75) is 95.0 Å². The van der Waals surface area contributed by atoms with Gasteiger partial charge in [-0.25, -0.2) is 13.2 Å². The molecule has 0 saturated heterocycles. The number of allylic oxidation sites excluding steroid dienone is 1. The molecule has 0 unspecified atom stereocenters. The number of carbonyl (C=O) groups is 2. The second-order valence-electron chi connectivity index (χ2n) is 13.9. The van der Waals surface area contributed by atoms with Crippen LogP contribution in [0.4, 0.5) is 18.0 Å². The Bertz CT molecular complexity index is 1630. The Labute approximate surface area is 297 Å². The molecule has 0 aromatic heterocycles. The number of carbonyl (C=O) groups excluding carboxylic acids is 2. The molecule has 15 heteroatoms. The van der Waals surface area contributed by atoms with Crippen LogP contribution in [0.1, 0.15) is 62.8 Å². The quantitative estimate of drug-likeness (QED) is 0.382. The van der Waals surface area contributed by atoms with Crippen LogP contribution < -0.4 is 10.1 Å². The van der Waals surface area contributed by atoms with E-state index in [0.717, 1.165) is 23.7 Å². The van der Waals surface area contributed by atoms with Gasteiger partial charge in [-0.3, -0.25) is 9.69 Å². The van der Waals surface area contributed by atoms with Crippen LogP contribution in [0, 0.1) is 0 Å². The summed E-state index contributed by atoms with van der Waals surface area (Å²) in [4.78, 5) is 29.4. The van der Waals surface area contributed by atoms with Crippen LogP contribution in [0.3, 0.4) is 0 Å². The Morgan fingerprint density at radius 2 is 1.82 bits per heavy atom. The number of rotatable bonds is 7. The van der Waals surface area contributed by atoms with E-state index in [0.29, 0.717) is 16.5 Å². The molecule has 4 rings (SSSR count). The summed E-state index contributed by atoms with van der Waals surface area (Å²) in [5, 5.41) is 14.8. The molecule has 0 radical (unpaired) electrons. The molecule has 5 atom stereocenters. The van der Waals surface area contributed by atoms with E-state index in [4.69, 9.17) is 14.2 Å². The van der Waals surface area contributed by atoms with E-state index < -0.39 is 76.3 Å². The molecule has 1 heterocycles. The van der Waals surface area contributed by atoms with Gasteiger partial charge in [0.2, 0.25) is 15.9 Å². The van der Waals surface area contributed by atoms with Crippen molar-refractivity contribution in [3.63, 3.8) is 0 Å². The normalized spacial score (nSPS) is 23.8. The maximum absolute atomic E-state index is 14.0. The van der Waals surface area contributed by atoms with Gasteiger partial charge in [0.1, 0.15) is 17.4 Å². The molecule has 0 fully saturated rings. The number of halogens is 3. The number of fused-ring (bicyclic) bond motifs is 3. The van der Waals surface area contributed by atoms with Crippen molar-refractivity contribution in [3.05, 3.63) is 77.4 Å². The number of hydrogen-bond donors (Lipinski definition) is 2.